The van der Waals surface area contributed by atoms with Crippen molar-refractivity contribution in [3.63, 3.8) is 0 Å². The SMILES string of the molecule is CC(=CCCC(C)C1CCC2(C)C3CCC4C(C)(C)C(=O)CCC4(C)C3=CC(O)C12C)C(=O)O. The zero-order valence-corrected chi connectivity index (χ0v) is 22.4. The van der Waals surface area contributed by atoms with Gasteiger partial charge in [0.1, 0.15) is 5.78 Å². The Morgan fingerprint density at radius 3 is 2.47 bits per heavy atom. The summed E-state index contributed by atoms with van der Waals surface area (Å²) >= 11 is 0. The van der Waals surface area contributed by atoms with Gasteiger partial charge in [0, 0.05) is 22.8 Å². The first-order chi connectivity index (χ1) is 15.7. The molecule has 0 bridgehead atoms. The van der Waals surface area contributed by atoms with Crippen LogP contribution in [0.2, 0.25) is 0 Å². The molecule has 34 heavy (non-hydrogen) atoms. The minimum atomic E-state index is -0.842. The summed E-state index contributed by atoms with van der Waals surface area (Å²) in [6, 6.07) is 0. The van der Waals surface area contributed by atoms with Crippen molar-refractivity contribution in [3.05, 3.63) is 23.3 Å². The number of hydrogen-bond acceptors (Lipinski definition) is 3. The van der Waals surface area contributed by atoms with Gasteiger partial charge in [0.05, 0.1) is 6.10 Å². The van der Waals surface area contributed by atoms with Crippen LogP contribution in [0.25, 0.3) is 0 Å². The average Bonchev–Trinajstić information content (AvgIpc) is 3.05. The highest BCUT2D eigenvalue weighted by molar-refractivity contribution is 5.86. The predicted molar refractivity (Wildman–Crippen MR) is 135 cm³/mol. The largest absolute Gasteiger partial charge is 0.478 e. The molecule has 0 amide bonds. The molecule has 3 saturated carbocycles. The Bertz CT molecular complexity index is 928. The van der Waals surface area contributed by atoms with Gasteiger partial charge in [-0.25, -0.2) is 4.79 Å². The van der Waals surface area contributed by atoms with Gasteiger partial charge in [0.15, 0.2) is 0 Å². The second-order valence-corrected chi connectivity index (χ2v) is 13.4. The Kier molecular flexibility index (Phi) is 6.28. The van der Waals surface area contributed by atoms with Crippen LogP contribution >= 0.6 is 0 Å². The Balaban J connectivity index is 1.64. The van der Waals surface area contributed by atoms with E-state index in [4.69, 9.17) is 5.11 Å². The molecule has 4 aliphatic carbocycles. The smallest absolute Gasteiger partial charge is 0.330 e. The van der Waals surface area contributed by atoms with Gasteiger partial charge < -0.3 is 10.2 Å². The van der Waals surface area contributed by atoms with Crippen LogP contribution in [-0.4, -0.2) is 28.1 Å². The molecule has 0 saturated heterocycles. The lowest BCUT2D eigenvalue weighted by molar-refractivity contribution is -0.146. The van der Waals surface area contributed by atoms with E-state index in [-0.39, 0.29) is 21.7 Å². The van der Waals surface area contributed by atoms with E-state index in [0.717, 1.165) is 44.9 Å². The fraction of sp³-hybridized carbons (Fsp3) is 0.800. The maximum atomic E-state index is 12.8. The molecule has 4 heteroatoms. The molecule has 4 nitrogen and oxygen atoms in total. The van der Waals surface area contributed by atoms with Crippen LogP contribution < -0.4 is 0 Å². The molecule has 8 unspecified atom stereocenters. The number of carboxylic acid groups (broad SMARTS) is 1. The topological polar surface area (TPSA) is 74.6 Å². The number of Topliss-reactive ketones (excluding diaryl/α,β-unsaturated/α-hetero) is 1. The normalized spacial score (nSPS) is 44.5. The van der Waals surface area contributed by atoms with Crippen molar-refractivity contribution < 1.29 is 19.8 Å². The molecule has 0 aromatic carbocycles. The number of allylic oxidation sites excluding steroid dienone is 2. The van der Waals surface area contributed by atoms with Crippen molar-refractivity contribution in [1.82, 2.24) is 0 Å². The molecule has 4 rings (SSSR count). The van der Waals surface area contributed by atoms with Gasteiger partial charge >= 0.3 is 5.97 Å². The van der Waals surface area contributed by atoms with Crippen LogP contribution in [0.15, 0.2) is 23.3 Å². The van der Waals surface area contributed by atoms with Crippen molar-refractivity contribution in [2.75, 3.05) is 0 Å². The summed E-state index contributed by atoms with van der Waals surface area (Å²) in [5.41, 5.74) is 1.43. The minimum Gasteiger partial charge on any atom is -0.478 e. The van der Waals surface area contributed by atoms with Crippen molar-refractivity contribution in [2.24, 2.45) is 45.3 Å². The zero-order chi connectivity index (χ0) is 25.3. The van der Waals surface area contributed by atoms with E-state index in [9.17, 15) is 14.7 Å². The molecule has 4 aliphatic rings. The van der Waals surface area contributed by atoms with Gasteiger partial charge in [-0.05, 0) is 86.4 Å². The van der Waals surface area contributed by atoms with E-state index in [1.807, 2.05) is 6.08 Å². The zero-order valence-electron chi connectivity index (χ0n) is 22.4. The number of hydrogen-bond donors (Lipinski definition) is 2. The number of rotatable bonds is 5. The number of aliphatic hydroxyl groups is 1. The monoisotopic (exact) mass is 470 g/mol. The first-order valence-electron chi connectivity index (χ1n) is 13.5. The molecule has 0 aliphatic heterocycles. The summed E-state index contributed by atoms with van der Waals surface area (Å²) in [5.74, 6) is 1.22. The summed E-state index contributed by atoms with van der Waals surface area (Å²) < 4.78 is 0. The lowest BCUT2D eigenvalue weighted by Gasteiger charge is -2.64. The average molecular weight is 471 g/mol. The van der Waals surface area contributed by atoms with Crippen molar-refractivity contribution >= 4 is 11.8 Å². The summed E-state index contributed by atoms with van der Waals surface area (Å²) in [6.45, 7) is 15.4. The van der Waals surface area contributed by atoms with Crippen LogP contribution in [0, 0.1) is 45.3 Å². The number of aliphatic carboxylic acids is 1. The van der Waals surface area contributed by atoms with E-state index < -0.39 is 12.1 Å². The van der Waals surface area contributed by atoms with Crippen LogP contribution in [0.4, 0.5) is 0 Å². The van der Waals surface area contributed by atoms with Crippen molar-refractivity contribution in [3.8, 4) is 0 Å². The molecule has 0 radical (unpaired) electrons. The van der Waals surface area contributed by atoms with Gasteiger partial charge in [0.2, 0.25) is 0 Å². The highest BCUT2D eigenvalue weighted by Crippen LogP contribution is 2.72. The number of fused-ring (bicyclic) bond motifs is 5. The van der Waals surface area contributed by atoms with Crippen LogP contribution in [0.5, 0.6) is 0 Å². The highest BCUT2D eigenvalue weighted by atomic mass is 16.4. The van der Waals surface area contributed by atoms with Gasteiger partial charge in [-0.2, -0.15) is 0 Å². The molecule has 0 heterocycles. The molecular formula is C30H46O4. The van der Waals surface area contributed by atoms with E-state index in [1.165, 1.54) is 5.57 Å². The minimum absolute atomic E-state index is 0.00545. The summed E-state index contributed by atoms with van der Waals surface area (Å²) in [7, 11) is 0. The van der Waals surface area contributed by atoms with E-state index >= 15 is 0 Å². The molecule has 0 aromatic heterocycles. The number of ketones is 1. The third-order valence-corrected chi connectivity index (χ3v) is 11.8. The fourth-order valence-corrected chi connectivity index (χ4v) is 9.37. The molecule has 190 valence electrons. The Morgan fingerprint density at radius 2 is 1.82 bits per heavy atom. The lowest BCUT2D eigenvalue weighted by atomic mass is 9.41. The first kappa shape index (κ1) is 25.7. The number of aliphatic hydroxyl groups excluding tert-OH is 1. The van der Waals surface area contributed by atoms with Gasteiger partial charge in [-0.15, -0.1) is 0 Å². The third-order valence-electron chi connectivity index (χ3n) is 11.8. The van der Waals surface area contributed by atoms with Crippen LogP contribution in [0.3, 0.4) is 0 Å². The molecular weight excluding hydrogens is 424 g/mol. The summed E-state index contributed by atoms with van der Waals surface area (Å²) in [4.78, 5) is 24.0. The van der Waals surface area contributed by atoms with E-state index in [1.54, 1.807) is 6.92 Å². The van der Waals surface area contributed by atoms with Crippen molar-refractivity contribution in [2.45, 2.75) is 106 Å². The maximum absolute atomic E-state index is 12.8. The van der Waals surface area contributed by atoms with Gasteiger partial charge in [-0.3, -0.25) is 4.79 Å². The Morgan fingerprint density at radius 1 is 1.15 bits per heavy atom. The second-order valence-electron chi connectivity index (χ2n) is 13.4. The van der Waals surface area contributed by atoms with E-state index in [2.05, 4.69) is 47.6 Å². The third kappa shape index (κ3) is 3.41. The molecule has 0 aromatic rings. The first-order valence-corrected chi connectivity index (χ1v) is 13.5. The quantitative estimate of drug-likeness (QED) is 0.352. The Labute approximate surface area is 206 Å². The standard InChI is InChI=1S/C30H46O4/c1-18(9-8-10-19(2)26(33)34)20-13-16-29(6)21-11-12-23-27(3,4)24(31)14-15-28(23,5)22(21)17-25(32)30(20,29)7/h10,17-18,20-21,23,25,32H,8-9,11-16H2,1-7H3,(H,33,34). The maximum Gasteiger partial charge on any atom is 0.330 e. The predicted octanol–water partition coefficient (Wildman–Crippen LogP) is 6.58. The molecule has 8 atom stereocenters. The Hall–Kier alpha value is -1.42. The van der Waals surface area contributed by atoms with Crippen LogP contribution in [0.1, 0.15) is 99.8 Å². The summed E-state index contributed by atoms with van der Waals surface area (Å²) in [6.07, 6.45) is 11.3. The lowest BCUT2D eigenvalue weighted by Crippen LogP contribution is -2.60. The van der Waals surface area contributed by atoms with Crippen molar-refractivity contribution in [1.29, 1.82) is 0 Å². The van der Waals surface area contributed by atoms with E-state index in [0.29, 0.717) is 41.4 Å². The highest BCUT2D eigenvalue weighted by Gasteiger charge is 2.67. The molecule has 2 N–H and O–H groups in total. The van der Waals surface area contributed by atoms with Gasteiger partial charge in [0.25, 0.3) is 0 Å². The molecule has 0 spiro atoms. The number of carbonyl (C=O) groups excluding carboxylic acids is 1. The van der Waals surface area contributed by atoms with Crippen LogP contribution in [-0.2, 0) is 9.59 Å². The molecule has 3 fully saturated rings. The fourth-order valence-electron chi connectivity index (χ4n) is 9.37. The summed E-state index contributed by atoms with van der Waals surface area (Å²) in [5, 5.41) is 21.0. The number of carboxylic acids is 1. The number of carbonyl (C=O) groups is 2. The second kappa shape index (κ2) is 8.32. The van der Waals surface area contributed by atoms with Gasteiger partial charge in [-0.1, -0.05) is 59.3 Å².